The van der Waals surface area contributed by atoms with Gasteiger partial charge < -0.3 is 14.8 Å². The highest BCUT2D eigenvalue weighted by Crippen LogP contribution is 2.18. The quantitative estimate of drug-likeness (QED) is 0.815. The van der Waals surface area contributed by atoms with E-state index in [1.165, 1.54) is 4.88 Å². The van der Waals surface area contributed by atoms with E-state index < -0.39 is 0 Å². The Kier molecular flexibility index (Phi) is 4.41. The molecular formula is C13H16N2O2S. The minimum atomic E-state index is 0.602. The predicted molar refractivity (Wildman–Crippen MR) is 73.8 cm³/mol. The summed E-state index contributed by atoms with van der Waals surface area (Å²) in [6, 6.07) is 7.55. The van der Waals surface area contributed by atoms with Crippen molar-refractivity contribution in [3.63, 3.8) is 0 Å². The van der Waals surface area contributed by atoms with Crippen LogP contribution in [0.2, 0.25) is 0 Å². The van der Waals surface area contributed by atoms with Crippen LogP contribution in [0.15, 0.2) is 30.5 Å². The molecule has 1 aromatic carbocycles. The van der Waals surface area contributed by atoms with Crippen molar-refractivity contribution in [3.8, 4) is 11.5 Å². The molecule has 4 nitrogen and oxygen atoms in total. The lowest BCUT2D eigenvalue weighted by Gasteiger charge is -2.07. The Labute approximate surface area is 111 Å². The molecule has 0 saturated heterocycles. The van der Waals surface area contributed by atoms with Crippen LogP contribution in [0.1, 0.15) is 4.88 Å². The number of hydrogen-bond donors (Lipinski definition) is 1. The second kappa shape index (κ2) is 6.26. The number of benzene rings is 1. The molecule has 2 rings (SSSR count). The Morgan fingerprint density at radius 3 is 2.56 bits per heavy atom. The van der Waals surface area contributed by atoms with Crippen LogP contribution in [0, 0.1) is 6.92 Å². The normalized spacial score (nSPS) is 10.1. The molecule has 2 aromatic rings. The molecule has 96 valence electrons. The van der Waals surface area contributed by atoms with Crippen molar-refractivity contribution in [2.24, 2.45) is 0 Å². The van der Waals surface area contributed by atoms with Crippen molar-refractivity contribution >= 4 is 16.5 Å². The fraction of sp³-hybridized carbons (Fsp3) is 0.308. The van der Waals surface area contributed by atoms with Gasteiger partial charge in [-0.15, -0.1) is 11.3 Å². The Hall–Kier alpha value is -1.75. The van der Waals surface area contributed by atoms with Crippen molar-refractivity contribution in [2.45, 2.75) is 6.92 Å². The smallest absolute Gasteiger partial charge is 0.182 e. The molecule has 1 aromatic heterocycles. The number of rotatable bonds is 6. The van der Waals surface area contributed by atoms with E-state index in [2.05, 4.69) is 10.3 Å². The van der Waals surface area contributed by atoms with E-state index in [4.69, 9.17) is 9.47 Å². The van der Waals surface area contributed by atoms with Crippen molar-refractivity contribution in [2.75, 3.05) is 25.6 Å². The highest BCUT2D eigenvalue weighted by molar-refractivity contribution is 7.15. The lowest BCUT2D eigenvalue weighted by molar-refractivity contribution is 0.332. The summed E-state index contributed by atoms with van der Waals surface area (Å²) in [5.74, 6) is 1.67. The van der Waals surface area contributed by atoms with Crippen LogP contribution in [0.5, 0.6) is 11.5 Å². The summed E-state index contributed by atoms with van der Waals surface area (Å²) < 4.78 is 10.7. The first-order chi connectivity index (χ1) is 8.78. The van der Waals surface area contributed by atoms with E-state index in [0.29, 0.717) is 6.61 Å². The highest BCUT2D eigenvalue weighted by atomic mass is 32.1. The number of methoxy groups -OCH3 is 1. The molecule has 0 aliphatic carbocycles. The molecule has 5 heteroatoms. The number of thiazole rings is 1. The number of anilines is 1. The molecule has 0 aliphatic heterocycles. The zero-order valence-corrected chi connectivity index (χ0v) is 11.3. The summed E-state index contributed by atoms with van der Waals surface area (Å²) in [5.41, 5.74) is 0. The van der Waals surface area contributed by atoms with Gasteiger partial charge in [0.2, 0.25) is 0 Å². The van der Waals surface area contributed by atoms with Gasteiger partial charge in [0, 0.05) is 11.1 Å². The maximum absolute atomic E-state index is 5.59. The molecule has 1 N–H and O–H groups in total. The Balaban J connectivity index is 1.71. The molecule has 0 radical (unpaired) electrons. The van der Waals surface area contributed by atoms with Crippen LogP contribution < -0.4 is 14.8 Å². The van der Waals surface area contributed by atoms with Gasteiger partial charge in [0.15, 0.2) is 5.13 Å². The molecular weight excluding hydrogens is 248 g/mol. The Morgan fingerprint density at radius 2 is 1.94 bits per heavy atom. The molecule has 1 heterocycles. The van der Waals surface area contributed by atoms with Gasteiger partial charge in [-0.05, 0) is 31.2 Å². The summed E-state index contributed by atoms with van der Waals surface area (Å²) >= 11 is 1.64. The van der Waals surface area contributed by atoms with Crippen LogP contribution in [-0.4, -0.2) is 25.2 Å². The molecule has 0 bridgehead atoms. The largest absolute Gasteiger partial charge is 0.497 e. The standard InChI is InChI=1S/C13H16N2O2S/c1-10-9-15-13(18-10)14-7-8-17-12-5-3-11(16-2)4-6-12/h3-6,9H,7-8H2,1-2H3,(H,14,15). The molecule has 0 aliphatic rings. The highest BCUT2D eigenvalue weighted by Gasteiger charge is 1.98. The van der Waals surface area contributed by atoms with Gasteiger partial charge >= 0.3 is 0 Å². The summed E-state index contributed by atoms with van der Waals surface area (Å²) in [6.07, 6.45) is 1.86. The third kappa shape index (κ3) is 3.63. The van der Waals surface area contributed by atoms with Gasteiger partial charge in [0.1, 0.15) is 18.1 Å². The van der Waals surface area contributed by atoms with E-state index in [-0.39, 0.29) is 0 Å². The van der Waals surface area contributed by atoms with E-state index in [1.807, 2.05) is 37.4 Å². The van der Waals surface area contributed by atoms with Crippen molar-refractivity contribution < 1.29 is 9.47 Å². The number of hydrogen-bond acceptors (Lipinski definition) is 5. The van der Waals surface area contributed by atoms with Crippen LogP contribution in [-0.2, 0) is 0 Å². The average molecular weight is 264 g/mol. The van der Waals surface area contributed by atoms with Crippen LogP contribution in [0.25, 0.3) is 0 Å². The van der Waals surface area contributed by atoms with E-state index >= 15 is 0 Å². The van der Waals surface area contributed by atoms with E-state index in [0.717, 1.165) is 23.2 Å². The predicted octanol–water partition coefficient (Wildman–Crippen LogP) is 2.95. The third-order valence-corrected chi connectivity index (χ3v) is 3.20. The molecule has 0 spiro atoms. The summed E-state index contributed by atoms with van der Waals surface area (Å²) in [7, 11) is 1.65. The first-order valence-electron chi connectivity index (χ1n) is 5.71. The van der Waals surface area contributed by atoms with Gasteiger partial charge in [-0.1, -0.05) is 0 Å². The van der Waals surface area contributed by atoms with Crippen LogP contribution in [0.4, 0.5) is 5.13 Å². The van der Waals surface area contributed by atoms with E-state index in [9.17, 15) is 0 Å². The van der Waals surface area contributed by atoms with Crippen LogP contribution >= 0.6 is 11.3 Å². The second-order valence-electron chi connectivity index (χ2n) is 3.73. The molecule has 0 unspecified atom stereocenters. The second-order valence-corrected chi connectivity index (χ2v) is 4.96. The van der Waals surface area contributed by atoms with Gasteiger partial charge in [0.05, 0.1) is 13.7 Å². The molecule has 0 fully saturated rings. The van der Waals surface area contributed by atoms with Gasteiger partial charge in [-0.3, -0.25) is 0 Å². The number of nitrogens with zero attached hydrogens (tertiary/aromatic N) is 1. The van der Waals surface area contributed by atoms with Crippen molar-refractivity contribution in [3.05, 3.63) is 35.3 Å². The number of aryl methyl sites for hydroxylation is 1. The molecule has 0 atom stereocenters. The molecule has 18 heavy (non-hydrogen) atoms. The monoisotopic (exact) mass is 264 g/mol. The fourth-order valence-corrected chi connectivity index (χ4v) is 2.13. The lowest BCUT2D eigenvalue weighted by Crippen LogP contribution is -2.11. The summed E-state index contributed by atoms with van der Waals surface area (Å²) in [6.45, 7) is 3.38. The topological polar surface area (TPSA) is 43.4 Å². The Bertz CT molecular complexity index is 482. The first-order valence-corrected chi connectivity index (χ1v) is 6.53. The van der Waals surface area contributed by atoms with E-state index in [1.54, 1.807) is 18.4 Å². The third-order valence-electron chi connectivity index (χ3n) is 2.33. The zero-order valence-electron chi connectivity index (χ0n) is 10.5. The fourth-order valence-electron chi connectivity index (χ4n) is 1.44. The van der Waals surface area contributed by atoms with Crippen molar-refractivity contribution in [1.82, 2.24) is 4.98 Å². The SMILES string of the molecule is COc1ccc(OCCNc2ncc(C)s2)cc1. The summed E-state index contributed by atoms with van der Waals surface area (Å²) in [4.78, 5) is 5.42. The number of nitrogens with one attached hydrogen (secondary N) is 1. The number of ether oxygens (including phenoxy) is 2. The average Bonchev–Trinajstić information content (AvgIpc) is 2.81. The van der Waals surface area contributed by atoms with Gasteiger partial charge in [-0.25, -0.2) is 4.98 Å². The minimum Gasteiger partial charge on any atom is -0.497 e. The minimum absolute atomic E-state index is 0.602. The van der Waals surface area contributed by atoms with Gasteiger partial charge in [0.25, 0.3) is 0 Å². The molecule has 0 saturated carbocycles. The maximum Gasteiger partial charge on any atom is 0.182 e. The first kappa shape index (κ1) is 12.7. The summed E-state index contributed by atoms with van der Waals surface area (Å²) in [5, 5.41) is 4.15. The lowest BCUT2D eigenvalue weighted by atomic mass is 10.3. The number of aromatic nitrogens is 1. The Morgan fingerprint density at radius 1 is 1.22 bits per heavy atom. The molecule has 0 amide bonds. The van der Waals surface area contributed by atoms with Gasteiger partial charge in [-0.2, -0.15) is 0 Å². The zero-order chi connectivity index (χ0) is 12.8. The van der Waals surface area contributed by atoms with Crippen molar-refractivity contribution in [1.29, 1.82) is 0 Å². The maximum atomic E-state index is 5.59. The van der Waals surface area contributed by atoms with Crippen LogP contribution in [0.3, 0.4) is 0 Å².